The van der Waals surface area contributed by atoms with Gasteiger partial charge in [-0.1, -0.05) is 30.3 Å². The number of hydrogen-bond acceptors (Lipinski definition) is 3. The molecule has 1 N–H and O–H groups in total. The number of halogens is 3. The van der Waals surface area contributed by atoms with Gasteiger partial charge in [-0.15, -0.1) is 0 Å². The fourth-order valence-corrected chi connectivity index (χ4v) is 2.33. The van der Waals surface area contributed by atoms with E-state index in [1.807, 2.05) is 49.3 Å². The molecule has 1 atom stereocenters. The number of nitrogens with one attached hydrogen (secondary N) is 1. The van der Waals surface area contributed by atoms with Gasteiger partial charge in [0.15, 0.2) is 0 Å². The number of hydrogen-bond donors (Lipinski definition) is 1. The second-order valence-corrected chi connectivity index (χ2v) is 5.95. The van der Waals surface area contributed by atoms with Crippen molar-refractivity contribution in [1.82, 2.24) is 15.2 Å². The van der Waals surface area contributed by atoms with E-state index in [1.165, 1.54) is 0 Å². The molecule has 1 heterocycles. The predicted molar refractivity (Wildman–Crippen MR) is 89.2 cm³/mol. The zero-order valence-electron chi connectivity index (χ0n) is 14.0. The zero-order chi connectivity index (χ0) is 18.4. The van der Waals surface area contributed by atoms with E-state index in [0.29, 0.717) is 6.54 Å². The molecule has 1 aromatic heterocycles. The number of pyridine rings is 1. The van der Waals surface area contributed by atoms with Gasteiger partial charge in [0.25, 0.3) is 5.91 Å². The third-order valence-corrected chi connectivity index (χ3v) is 3.86. The third kappa shape index (κ3) is 5.56. The van der Waals surface area contributed by atoms with Crippen molar-refractivity contribution in [3.8, 4) is 0 Å². The van der Waals surface area contributed by atoms with Gasteiger partial charge in [-0.05, 0) is 38.2 Å². The standard InChI is InChI=1S/C18H20F3N3O/c1-24(2)15(10-13-6-4-3-5-7-13)12-23-17(25)14-8-9-16(22-11-14)18(19,20)21/h3-9,11,15H,10,12H2,1-2H3,(H,23,25). The molecule has 0 aliphatic carbocycles. The summed E-state index contributed by atoms with van der Waals surface area (Å²) >= 11 is 0. The van der Waals surface area contributed by atoms with Crippen LogP contribution in [-0.4, -0.2) is 42.5 Å². The number of carbonyl (C=O) groups is 1. The molecule has 1 unspecified atom stereocenters. The first-order chi connectivity index (χ1) is 11.8. The second-order valence-electron chi connectivity index (χ2n) is 5.95. The molecule has 25 heavy (non-hydrogen) atoms. The maximum Gasteiger partial charge on any atom is 0.433 e. The van der Waals surface area contributed by atoms with Gasteiger partial charge in [0.2, 0.25) is 0 Å². The normalized spacial score (nSPS) is 12.9. The number of aromatic nitrogens is 1. The van der Waals surface area contributed by atoms with Crippen molar-refractivity contribution in [3.63, 3.8) is 0 Å². The monoisotopic (exact) mass is 351 g/mol. The highest BCUT2D eigenvalue weighted by molar-refractivity contribution is 5.93. The van der Waals surface area contributed by atoms with Crippen LogP contribution in [0.5, 0.6) is 0 Å². The Bertz CT molecular complexity index is 685. The number of likely N-dealkylation sites (N-methyl/N-ethyl adjacent to an activating group) is 1. The summed E-state index contributed by atoms with van der Waals surface area (Å²) in [5.41, 5.74) is 0.233. The van der Waals surface area contributed by atoms with Crippen LogP contribution in [0.3, 0.4) is 0 Å². The molecule has 7 heteroatoms. The molecule has 0 saturated heterocycles. The van der Waals surface area contributed by atoms with Gasteiger partial charge in [-0.25, -0.2) is 0 Å². The van der Waals surface area contributed by atoms with E-state index in [2.05, 4.69) is 10.3 Å². The van der Waals surface area contributed by atoms with Gasteiger partial charge in [-0.2, -0.15) is 13.2 Å². The smallest absolute Gasteiger partial charge is 0.350 e. The largest absolute Gasteiger partial charge is 0.433 e. The fraction of sp³-hybridized carbons (Fsp3) is 0.333. The first kappa shape index (κ1) is 18.9. The minimum absolute atomic E-state index is 0.0637. The highest BCUT2D eigenvalue weighted by Gasteiger charge is 2.32. The van der Waals surface area contributed by atoms with Crippen LogP contribution < -0.4 is 5.32 Å². The lowest BCUT2D eigenvalue weighted by atomic mass is 10.1. The zero-order valence-corrected chi connectivity index (χ0v) is 14.0. The molecule has 4 nitrogen and oxygen atoms in total. The van der Waals surface area contributed by atoms with E-state index in [1.54, 1.807) is 0 Å². The summed E-state index contributed by atoms with van der Waals surface area (Å²) in [6.07, 6.45) is -2.82. The molecular weight excluding hydrogens is 331 g/mol. The first-order valence-corrected chi connectivity index (χ1v) is 7.79. The van der Waals surface area contributed by atoms with Gasteiger partial charge >= 0.3 is 6.18 Å². The van der Waals surface area contributed by atoms with Crippen LogP contribution in [0.2, 0.25) is 0 Å². The highest BCUT2D eigenvalue weighted by atomic mass is 19.4. The maximum atomic E-state index is 12.5. The van der Waals surface area contributed by atoms with E-state index >= 15 is 0 Å². The Kier molecular flexibility index (Phi) is 6.14. The molecule has 1 aromatic carbocycles. The SMILES string of the molecule is CN(C)C(CNC(=O)c1ccc(C(F)(F)F)nc1)Cc1ccccc1. The fourth-order valence-electron chi connectivity index (χ4n) is 2.33. The molecule has 134 valence electrons. The average molecular weight is 351 g/mol. The van der Waals surface area contributed by atoms with E-state index in [0.717, 1.165) is 30.3 Å². The summed E-state index contributed by atoms with van der Waals surface area (Å²) < 4.78 is 37.5. The van der Waals surface area contributed by atoms with Crippen molar-refractivity contribution in [1.29, 1.82) is 0 Å². The second kappa shape index (κ2) is 8.11. The molecule has 0 aliphatic heterocycles. The molecule has 0 saturated carbocycles. The lowest BCUT2D eigenvalue weighted by molar-refractivity contribution is -0.141. The molecule has 0 bridgehead atoms. The Morgan fingerprint density at radius 2 is 1.84 bits per heavy atom. The molecule has 0 fully saturated rings. The summed E-state index contributed by atoms with van der Waals surface area (Å²) in [5.74, 6) is -0.443. The van der Waals surface area contributed by atoms with Crippen LogP contribution in [0.1, 0.15) is 21.6 Å². The van der Waals surface area contributed by atoms with Gasteiger partial charge in [0.05, 0.1) is 5.56 Å². The molecule has 0 aliphatic rings. The lowest BCUT2D eigenvalue weighted by Gasteiger charge is -2.24. The number of carbonyl (C=O) groups excluding carboxylic acids is 1. The van der Waals surface area contributed by atoms with E-state index in [4.69, 9.17) is 0 Å². The molecule has 0 radical (unpaired) electrons. The maximum absolute atomic E-state index is 12.5. The quantitative estimate of drug-likeness (QED) is 0.870. The summed E-state index contributed by atoms with van der Waals surface area (Å²) in [6.45, 7) is 0.377. The van der Waals surface area contributed by atoms with Gasteiger partial charge in [-0.3, -0.25) is 9.78 Å². The minimum atomic E-state index is -4.51. The Labute approximate surface area is 144 Å². The van der Waals surface area contributed by atoms with Gasteiger partial charge in [0, 0.05) is 18.8 Å². The summed E-state index contributed by atoms with van der Waals surface area (Å²) in [7, 11) is 3.83. The van der Waals surface area contributed by atoms with Crippen LogP contribution in [0.25, 0.3) is 0 Å². The molecular formula is C18H20F3N3O. The van der Waals surface area contributed by atoms with Crippen molar-refractivity contribution in [3.05, 3.63) is 65.5 Å². The summed E-state index contributed by atoms with van der Waals surface area (Å²) in [6, 6.07) is 11.9. The van der Waals surface area contributed by atoms with E-state index in [9.17, 15) is 18.0 Å². The van der Waals surface area contributed by atoms with Gasteiger partial charge in [0.1, 0.15) is 5.69 Å². The van der Waals surface area contributed by atoms with Crippen LogP contribution >= 0.6 is 0 Å². The van der Waals surface area contributed by atoms with Crippen LogP contribution in [0.15, 0.2) is 48.7 Å². The number of benzene rings is 1. The molecule has 0 spiro atoms. The topological polar surface area (TPSA) is 45.2 Å². The first-order valence-electron chi connectivity index (χ1n) is 7.79. The van der Waals surface area contributed by atoms with Crippen molar-refractivity contribution < 1.29 is 18.0 Å². The van der Waals surface area contributed by atoms with E-state index < -0.39 is 17.8 Å². The van der Waals surface area contributed by atoms with Crippen LogP contribution in [0, 0.1) is 0 Å². The van der Waals surface area contributed by atoms with Gasteiger partial charge < -0.3 is 10.2 Å². The number of amides is 1. The Morgan fingerprint density at radius 3 is 2.36 bits per heavy atom. The predicted octanol–water partition coefficient (Wildman–Crippen LogP) is 3.00. The Hall–Kier alpha value is -2.41. The summed E-state index contributed by atoms with van der Waals surface area (Å²) in [4.78, 5) is 17.4. The molecule has 2 aromatic rings. The van der Waals surface area contributed by atoms with Crippen molar-refractivity contribution in [2.75, 3.05) is 20.6 Å². The Balaban J connectivity index is 1.96. The van der Waals surface area contributed by atoms with Crippen LogP contribution in [-0.2, 0) is 12.6 Å². The van der Waals surface area contributed by atoms with E-state index in [-0.39, 0.29) is 11.6 Å². The number of rotatable bonds is 6. The molecule has 1 amide bonds. The minimum Gasteiger partial charge on any atom is -0.350 e. The third-order valence-electron chi connectivity index (χ3n) is 3.86. The Morgan fingerprint density at radius 1 is 1.16 bits per heavy atom. The number of nitrogens with zero attached hydrogens (tertiary/aromatic N) is 2. The lowest BCUT2D eigenvalue weighted by Crippen LogP contribution is -2.41. The highest BCUT2D eigenvalue weighted by Crippen LogP contribution is 2.27. The van der Waals surface area contributed by atoms with Crippen LogP contribution in [0.4, 0.5) is 13.2 Å². The number of alkyl halides is 3. The van der Waals surface area contributed by atoms with Crippen molar-refractivity contribution >= 4 is 5.91 Å². The molecule has 2 rings (SSSR count). The summed E-state index contributed by atoms with van der Waals surface area (Å²) in [5, 5.41) is 2.76. The van der Waals surface area contributed by atoms with Crippen molar-refractivity contribution in [2.24, 2.45) is 0 Å². The average Bonchev–Trinajstić information content (AvgIpc) is 2.58. The van der Waals surface area contributed by atoms with Crippen molar-refractivity contribution in [2.45, 2.75) is 18.6 Å².